The maximum atomic E-state index is 13.0. The van der Waals surface area contributed by atoms with E-state index in [1.165, 1.54) is 6.07 Å². The lowest BCUT2D eigenvalue weighted by molar-refractivity contribution is 0.319. The van der Waals surface area contributed by atoms with E-state index in [9.17, 15) is 4.39 Å². The molecule has 0 bridgehead atoms. The number of hydrogen-bond donors (Lipinski definition) is 1. The van der Waals surface area contributed by atoms with Crippen LogP contribution in [0.4, 0.5) is 4.39 Å². The molecule has 0 spiro atoms. The molecule has 2 nitrogen and oxygen atoms in total. The molecule has 1 heterocycles. The van der Waals surface area contributed by atoms with Crippen molar-refractivity contribution in [3.63, 3.8) is 0 Å². The smallest absolute Gasteiger partial charge is 0.165 e. The molecule has 1 aliphatic rings. The molecule has 1 aromatic rings. The maximum Gasteiger partial charge on any atom is 0.165 e. The molecule has 0 aliphatic carbocycles. The molecule has 12 heavy (non-hydrogen) atoms. The largest absolute Gasteiger partial charge is 0.488 e. The van der Waals surface area contributed by atoms with E-state index in [4.69, 9.17) is 10.5 Å². The number of halogens is 2. The minimum Gasteiger partial charge on any atom is -0.488 e. The van der Waals surface area contributed by atoms with E-state index in [1.54, 1.807) is 6.07 Å². The minimum absolute atomic E-state index is 0.218. The maximum absolute atomic E-state index is 13.0. The van der Waals surface area contributed by atoms with Gasteiger partial charge in [-0.3, -0.25) is 0 Å². The van der Waals surface area contributed by atoms with Gasteiger partial charge in [0.05, 0.1) is 6.04 Å². The Bertz CT molecular complexity index is 329. The number of hydrogen-bond acceptors (Lipinski definition) is 2. The molecule has 64 valence electrons. The minimum atomic E-state index is -0.346. The first-order chi connectivity index (χ1) is 5.70. The van der Waals surface area contributed by atoms with Crippen molar-refractivity contribution in [2.75, 3.05) is 6.61 Å². The standard InChI is InChI=1S/C8H7BrFNO/c9-4-1-2-5(10)8-7(4)6(11)3-12-8/h1-2,6H,3,11H2. The van der Waals surface area contributed by atoms with Crippen molar-refractivity contribution in [1.82, 2.24) is 0 Å². The number of benzene rings is 1. The molecule has 0 radical (unpaired) electrons. The monoisotopic (exact) mass is 231 g/mol. The number of rotatable bonds is 0. The third kappa shape index (κ3) is 1.03. The predicted octanol–water partition coefficient (Wildman–Crippen LogP) is 1.98. The highest BCUT2D eigenvalue weighted by atomic mass is 79.9. The number of fused-ring (bicyclic) bond motifs is 1. The fourth-order valence-electron chi connectivity index (χ4n) is 1.30. The lowest BCUT2D eigenvalue weighted by Gasteiger charge is -2.03. The Balaban J connectivity index is 2.64. The van der Waals surface area contributed by atoms with Gasteiger partial charge in [-0.2, -0.15) is 0 Å². The SMILES string of the molecule is NC1COc2c(F)ccc(Br)c21. The van der Waals surface area contributed by atoms with E-state index >= 15 is 0 Å². The molecular formula is C8H7BrFNO. The zero-order valence-electron chi connectivity index (χ0n) is 6.18. The van der Waals surface area contributed by atoms with Crippen LogP contribution in [0.25, 0.3) is 0 Å². The van der Waals surface area contributed by atoms with Crippen LogP contribution >= 0.6 is 15.9 Å². The topological polar surface area (TPSA) is 35.2 Å². The summed E-state index contributed by atoms with van der Waals surface area (Å²) in [5, 5.41) is 0. The van der Waals surface area contributed by atoms with Gasteiger partial charge in [0.1, 0.15) is 6.61 Å². The quantitative estimate of drug-likeness (QED) is 0.742. The van der Waals surface area contributed by atoms with Gasteiger partial charge in [-0.15, -0.1) is 0 Å². The van der Waals surface area contributed by atoms with E-state index in [0.29, 0.717) is 6.61 Å². The zero-order chi connectivity index (χ0) is 8.72. The fraction of sp³-hybridized carbons (Fsp3) is 0.250. The molecular weight excluding hydrogens is 225 g/mol. The van der Waals surface area contributed by atoms with Crippen molar-refractivity contribution < 1.29 is 9.13 Å². The zero-order valence-corrected chi connectivity index (χ0v) is 7.77. The summed E-state index contributed by atoms with van der Waals surface area (Å²) in [6.07, 6.45) is 0. The van der Waals surface area contributed by atoms with Crippen LogP contribution in [0.3, 0.4) is 0 Å². The molecule has 1 aromatic carbocycles. The van der Waals surface area contributed by atoms with Crippen LogP contribution in [0, 0.1) is 5.82 Å². The van der Waals surface area contributed by atoms with Crippen molar-refractivity contribution in [3.05, 3.63) is 28.0 Å². The van der Waals surface area contributed by atoms with Gasteiger partial charge in [-0.25, -0.2) is 4.39 Å². The lowest BCUT2D eigenvalue weighted by Crippen LogP contribution is -2.11. The van der Waals surface area contributed by atoms with Gasteiger partial charge in [-0.05, 0) is 12.1 Å². The average molecular weight is 232 g/mol. The molecule has 0 saturated heterocycles. The molecule has 0 fully saturated rings. The van der Waals surface area contributed by atoms with E-state index in [1.807, 2.05) is 0 Å². The summed E-state index contributed by atoms with van der Waals surface area (Å²) in [7, 11) is 0. The fourth-order valence-corrected chi connectivity index (χ4v) is 1.90. The highest BCUT2D eigenvalue weighted by molar-refractivity contribution is 9.10. The summed E-state index contributed by atoms with van der Waals surface area (Å²) in [6.45, 7) is 0.356. The second-order valence-electron chi connectivity index (χ2n) is 2.69. The Morgan fingerprint density at radius 1 is 1.58 bits per heavy atom. The van der Waals surface area contributed by atoms with Crippen molar-refractivity contribution in [2.24, 2.45) is 5.73 Å². The summed E-state index contributed by atoms with van der Waals surface area (Å²) in [5.74, 6) is -0.0574. The van der Waals surface area contributed by atoms with Gasteiger partial charge < -0.3 is 10.5 Å². The summed E-state index contributed by atoms with van der Waals surface area (Å²) in [4.78, 5) is 0. The van der Waals surface area contributed by atoms with Gasteiger partial charge >= 0.3 is 0 Å². The first kappa shape index (κ1) is 8.01. The third-order valence-electron chi connectivity index (χ3n) is 1.87. The Labute approximate surface area is 77.6 Å². The normalized spacial score (nSPS) is 20.4. The van der Waals surface area contributed by atoms with Crippen molar-refractivity contribution in [2.45, 2.75) is 6.04 Å². The summed E-state index contributed by atoms with van der Waals surface area (Å²) >= 11 is 3.30. The summed E-state index contributed by atoms with van der Waals surface area (Å²) in [6, 6.07) is 2.79. The lowest BCUT2D eigenvalue weighted by atomic mass is 10.1. The van der Waals surface area contributed by atoms with Crippen LogP contribution in [0.5, 0.6) is 5.75 Å². The molecule has 1 atom stereocenters. The van der Waals surface area contributed by atoms with Crippen LogP contribution in [-0.4, -0.2) is 6.61 Å². The van der Waals surface area contributed by atoms with Gasteiger partial charge in [-0.1, -0.05) is 15.9 Å². The first-order valence-electron chi connectivity index (χ1n) is 3.56. The summed E-state index contributed by atoms with van der Waals surface area (Å²) < 4.78 is 18.9. The van der Waals surface area contributed by atoms with Crippen LogP contribution in [0.1, 0.15) is 11.6 Å². The Morgan fingerprint density at radius 2 is 2.33 bits per heavy atom. The second kappa shape index (κ2) is 2.71. The second-order valence-corrected chi connectivity index (χ2v) is 3.54. The van der Waals surface area contributed by atoms with Crippen molar-refractivity contribution in [1.29, 1.82) is 0 Å². The van der Waals surface area contributed by atoms with Crippen LogP contribution in [0.15, 0.2) is 16.6 Å². The van der Waals surface area contributed by atoms with Gasteiger partial charge in [0.15, 0.2) is 11.6 Å². The van der Waals surface area contributed by atoms with Gasteiger partial charge in [0.2, 0.25) is 0 Å². The molecule has 2 N–H and O–H groups in total. The third-order valence-corrected chi connectivity index (χ3v) is 2.56. The average Bonchev–Trinajstić information content (AvgIpc) is 2.42. The highest BCUT2D eigenvalue weighted by Gasteiger charge is 2.26. The van der Waals surface area contributed by atoms with Crippen LogP contribution in [0.2, 0.25) is 0 Å². The Morgan fingerprint density at radius 3 is 3.00 bits per heavy atom. The number of nitrogens with two attached hydrogens (primary N) is 1. The number of ether oxygens (including phenoxy) is 1. The molecule has 0 saturated carbocycles. The molecule has 4 heteroatoms. The first-order valence-corrected chi connectivity index (χ1v) is 4.35. The molecule has 1 aliphatic heterocycles. The summed E-state index contributed by atoms with van der Waals surface area (Å²) in [5.41, 5.74) is 6.43. The molecule has 1 unspecified atom stereocenters. The van der Waals surface area contributed by atoms with Crippen molar-refractivity contribution in [3.8, 4) is 5.75 Å². The Hall–Kier alpha value is -0.610. The van der Waals surface area contributed by atoms with Crippen LogP contribution in [-0.2, 0) is 0 Å². The Kier molecular flexibility index (Phi) is 1.81. The van der Waals surface area contributed by atoms with E-state index in [0.717, 1.165) is 10.0 Å². The van der Waals surface area contributed by atoms with Crippen LogP contribution < -0.4 is 10.5 Å². The highest BCUT2D eigenvalue weighted by Crippen LogP contribution is 2.38. The van der Waals surface area contributed by atoms with E-state index in [-0.39, 0.29) is 17.6 Å². The van der Waals surface area contributed by atoms with E-state index < -0.39 is 0 Å². The van der Waals surface area contributed by atoms with Crippen molar-refractivity contribution >= 4 is 15.9 Å². The predicted molar refractivity (Wildman–Crippen MR) is 46.5 cm³/mol. The molecule has 0 aromatic heterocycles. The molecule has 2 rings (SSSR count). The van der Waals surface area contributed by atoms with E-state index in [2.05, 4.69) is 15.9 Å². The molecule has 0 amide bonds. The van der Waals surface area contributed by atoms with Gasteiger partial charge in [0.25, 0.3) is 0 Å². The van der Waals surface area contributed by atoms with Gasteiger partial charge in [0, 0.05) is 10.0 Å².